The zero-order valence-electron chi connectivity index (χ0n) is 16.9. The third kappa shape index (κ3) is 15.9. The van der Waals surface area contributed by atoms with Gasteiger partial charge in [0.05, 0.1) is 6.10 Å². The summed E-state index contributed by atoms with van der Waals surface area (Å²) < 4.78 is 5.63. The maximum atomic E-state index is 11.8. The van der Waals surface area contributed by atoms with E-state index in [0.717, 1.165) is 25.0 Å². The molecule has 0 fully saturated rings. The van der Waals surface area contributed by atoms with Crippen LogP contribution in [0.5, 0.6) is 0 Å². The highest BCUT2D eigenvalue weighted by atomic mass is 32.2. The van der Waals surface area contributed by atoms with Crippen LogP contribution < -0.4 is 0 Å². The molecule has 4 heteroatoms. The summed E-state index contributed by atoms with van der Waals surface area (Å²) in [7, 11) is 0. The van der Waals surface area contributed by atoms with E-state index in [9.17, 15) is 9.90 Å². The first kappa shape index (κ1) is 24.9. The van der Waals surface area contributed by atoms with Crippen molar-refractivity contribution in [3.8, 4) is 0 Å². The molecule has 0 rings (SSSR count). The van der Waals surface area contributed by atoms with E-state index in [1.165, 1.54) is 76.0 Å². The van der Waals surface area contributed by atoms with Crippen LogP contribution in [0.3, 0.4) is 0 Å². The maximum absolute atomic E-state index is 11.8. The van der Waals surface area contributed by atoms with Crippen molar-refractivity contribution in [3.63, 3.8) is 0 Å². The number of unbranched alkanes of at least 4 members (excludes halogenated alkanes) is 11. The van der Waals surface area contributed by atoms with E-state index in [2.05, 4.69) is 13.8 Å². The summed E-state index contributed by atoms with van der Waals surface area (Å²) in [5, 5.41) is 9.81. The topological polar surface area (TPSA) is 46.5 Å². The monoisotopic (exact) mass is 374 g/mol. The molecule has 25 heavy (non-hydrogen) atoms. The fourth-order valence-corrected chi connectivity index (χ4v) is 3.72. The Kier molecular flexibility index (Phi) is 18.7. The Hall–Kier alpha value is -0.0600. The van der Waals surface area contributed by atoms with Gasteiger partial charge in [0.1, 0.15) is 6.10 Å². The molecule has 0 radical (unpaired) electrons. The molecule has 0 aromatic heterocycles. The molecule has 0 heterocycles. The maximum Gasteiger partial charge on any atom is 0.220 e. The molecule has 1 N–H and O–H groups in total. The van der Waals surface area contributed by atoms with Crippen LogP contribution >= 0.6 is 11.8 Å². The molecular weight excluding hydrogens is 332 g/mol. The molecule has 1 unspecified atom stereocenters. The predicted molar refractivity (Wildman–Crippen MR) is 110 cm³/mol. The second kappa shape index (κ2) is 18.7. The quantitative estimate of drug-likeness (QED) is 0.293. The zero-order chi connectivity index (χ0) is 18.8. The number of hydrogen-bond acceptors (Lipinski definition) is 4. The highest BCUT2D eigenvalue weighted by Crippen LogP contribution is 2.14. The number of aliphatic hydroxyl groups is 1. The van der Waals surface area contributed by atoms with Crippen molar-refractivity contribution in [2.75, 3.05) is 12.4 Å². The molecule has 3 nitrogen and oxygen atoms in total. The van der Waals surface area contributed by atoms with Crippen LogP contribution in [0.2, 0.25) is 0 Å². The first-order valence-corrected chi connectivity index (χ1v) is 11.6. The molecule has 0 aliphatic carbocycles. The van der Waals surface area contributed by atoms with Crippen molar-refractivity contribution < 1.29 is 14.6 Å². The first-order chi connectivity index (χ1) is 12.1. The smallest absolute Gasteiger partial charge is 0.220 e. The first-order valence-electron chi connectivity index (χ1n) is 10.6. The van der Waals surface area contributed by atoms with Gasteiger partial charge in [-0.25, -0.2) is 0 Å². The summed E-state index contributed by atoms with van der Waals surface area (Å²) in [5.74, 6) is 0.789. The summed E-state index contributed by atoms with van der Waals surface area (Å²) in [5.41, 5.74) is 0. The highest BCUT2D eigenvalue weighted by molar-refractivity contribution is 8.13. The fourth-order valence-electron chi connectivity index (χ4n) is 2.72. The van der Waals surface area contributed by atoms with E-state index >= 15 is 0 Å². The Balaban J connectivity index is 3.41. The minimum absolute atomic E-state index is 0.153. The van der Waals surface area contributed by atoms with Gasteiger partial charge >= 0.3 is 0 Å². The lowest BCUT2D eigenvalue weighted by Crippen LogP contribution is -2.32. The van der Waals surface area contributed by atoms with Crippen LogP contribution in [-0.4, -0.2) is 34.8 Å². The van der Waals surface area contributed by atoms with Crippen molar-refractivity contribution in [2.24, 2.45) is 0 Å². The highest BCUT2D eigenvalue weighted by Gasteiger charge is 2.22. The van der Waals surface area contributed by atoms with Gasteiger partial charge in [0.25, 0.3) is 0 Å². The SMILES string of the molecule is CCCCCCCCCCCCCOC(C)[C@H](O)C(=O)SCCCC. The number of ether oxygens (including phenoxy) is 1. The van der Waals surface area contributed by atoms with Gasteiger partial charge in [-0.15, -0.1) is 0 Å². The molecular formula is C21H42O3S. The largest absolute Gasteiger partial charge is 0.382 e. The standard InChI is InChI=1S/C21H42O3S/c1-4-6-8-9-10-11-12-13-14-15-16-17-24-19(3)20(22)21(23)25-18-7-5-2/h19-20,22H,4-18H2,1-3H3/t19?,20-/m0/s1. The predicted octanol–water partition coefficient (Wildman–Crippen LogP) is 6.12. The minimum Gasteiger partial charge on any atom is -0.382 e. The van der Waals surface area contributed by atoms with Crippen LogP contribution in [0, 0.1) is 0 Å². The number of carbonyl (C=O) groups excluding carboxylic acids is 1. The van der Waals surface area contributed by atoms with E-state index in [4.69, 9.17) is 4.74 Å². The van der Waals surface area contributed by atoms with E-state index in [0.29, 0.717) is 6.61 Å². The zero-order valence-corrected chi connectivity index (χ0v) is 17.7. The van der Waals surface area contributed by atoms with Crippen LogP contribution in [-0.2, 0) is 9.53 Å². The van der Waals surface area contributed by atoms with Crippen molar-refractivity contribution in [1.82, 2.24) is 0 Å². The van der Waals surface area contributed by atoms with Crippen LogP contribution in [0.15, 0.2) is 0 Å². The van der Waals surface area contributed by atoms with E-state index < -0.39 is 12.2 Å². The summed E-state index contributed by atoms with van der Waals surface area (Å²) in [6, 6.07) is 0. The van der Waals surface area contributed by atoms with E-state index in [1.54, 1.807) is 6.92 Å². The third-order valence-corrected chi connectivity index (χ3v) is 5.58. The fraction of sp³-hybridized carbons (Fsp3) is 0.952. The lowest BCUT2D eigenvalue weighted by molar-refractivity contribution is -0.125. The number of aliphatic hydroxyl groups excluding tert-OH is 1. The van der Waals surface area contributed by atoms with Crippen molar-refractivity contribution in [1.29, 1.82) is 0 Å². The Morgan fingerprint density at radius 2 is 1.32 bits per heavy atom. The third-order valence-electron chi connectivity index (χ3n) is 4.56. The second-order valence-corrected chi connectivity index (χ2v) is 8.18. The number of thioether (sulfide) groups is 1. The van der Waals surface area contributed by atoms with Crippen molar-refractivity contribution in [2.45, 2.75) is 116 Å². The van der Waals surface area contributed by atoms with Crippen LogP contribution in [0.1, 0.15) is 104 Å². The molecule has 0 aliphatic heterocycles. The van der Waals surface area contributed by atoms with Gasteiger partial charge in [-0.05, 0) is 19.8 Å². The Morgan fingerprint density at radius 3 is 1.84 bits per heavy atom. The normalized spacial score (nSPS) is 13.8. The lowest BCUT2D eigenvalue weighted by atomic mass is 10.1. The summed E-state index contributed by atoms with van der Waals surface area (Å²) >= 11 is 1.23. The van der Waals surface area contributed by atoms with Crippen molar-refractivity contribution >= 4 is 16.9 Å². The number of carbonyl (C=O) groups is 1. The Labute approximate surface area is 160 Å². The lowest BCUT2D eigenvalue weighted by Gasteiger charge is -2.18. The molecule has 0 amide bonds. The van der Waals surface area contributed by atoms with Gasteiger partial charge in [-0.2, -0.15) is 0 Å². The van der Waals surface area contributed by atoms with E-state index in [-0.39, 0.29) is 5.12 Å². The summed E-state index contributed by atoms with van der Waals surface area (Å²) in [4.78, 5) is 11.8. The van der Waals surface area contributed by atoms with Gasteiger partial charge in [0.15, 0.2) is 0 Å². The number of hydrogen-bond donors (Lipinski definition) is 1. The number of rotatable bonds is 18. The molecule has 0 aromatic rings. The summed E-state index contributed by atoms with van der Waals surface area (Å²) in [6.07, 6.45) is 15.1. The van der Waals surface area contributed by atoms with Gasteiger partial charge in [-0.1, -0.05) is 96.2 Å². The molecule has 150 valence electrons. The average molecular weight is 375 g/mol. The Morgan fingerprint density at radius 1 is 0.840 bits per heavy atom. The minimum atomic E-state index is -0.991. The Bertz CT molecular complexity index is 297. The van der Waals surface area contributed by atoms with Crippen molar-refractivity contribution in [3.05, 3.63) is 0 Å². The average Bonchev–Trinajstić information content (AvgIpc) is 2.61. The van der Waals surface area contributed by atoms with Gasteiger partial charge in [0, 0.05) is 12.4 Å². The van der Waals surface area contributed by atoms with E-state index in [1.807, 2.05) is 0 Å². The molecule has 0 saturated carbocycles. The second-order valence-electron chi connectivity index (χ2n) is 7.08. The van der Waals surface area contributed by atoms with Gasteiger partial charge in [-0.3, -0.25) is 4.79 Å². The molecule has 0 aliphatic rings. The van der Waals surface area contributed by atoms with Crippen LogP contribution in [0.4, 0.5) is 0 Å². The van der Waals surface area contributed by atoms with Gasteiger partial charge in [0.2, 0.25) is 5.12 Å². The molecule has 0 aromatic carbocycles. The van der Waals surface area contributed by atoms with Crippen LogP contribution in [0.25, 0.3) is 0 Å². The summed E-state index contributed by atoms with van der Waals surface area (Å²) in [6.45, 7) is 6.79. The molecule has 2 atom stereocenters. The van der Waals surface area contributed by atoms with Gasteiger partial charge < -0.3 is 9.84 Å². The molecule has 0 spiro atoms. The molecule has 0 saturated heterocycles. The molecule has 0 bridgehead atoms.